The Morgan fingerprint density at radius 3 is 1.18 bits per heavy atom. The molecule has 2 aromatic rings. The highest BCUT2D eigenvalue weighted by Crippen LogP contribution is 2.23. The summed E-state index contributed by atoms with van der Waals surface area (Å²) in [5.74, 6) is -0.0896. The summed E-state index contributed by atoms with van der Waals surface area (Å²) in [5, 5.41) is 5.93. The van der Waals surface area contributed by atoms with Crippen molar-refractivity contribution in [3.63, 3.8) is 0 Å². The van der Waals surface area contributed by atoms with Crippen molar-refractivity contribution < 1.29 is 9.59 Å². The third kappa shape index (κ3) is 12.4. The average Bonchev–Trinajstić information content (AvgIpc) is 2.86. The Bertz CT molecular complexity index is 962. The molecule has 0 saturated heterocycles. The van der Waals surface area contributed by atoms with Crippen LogP contribution in [0.15, 0.2) is 60.7 Å². The van der Waals surface area contributed by atoms with Crippen molar-refractivity contribution in [2.75, 3.05) is 13.1 Å². The number of hydrogen-bond donors (Lipinski definition) is 2. The molecule has 0 aromatic heterocycles. The minimum absolute atomic E-state index is 0.0448. The summed E-state index contributed by atoms with van der Waals surface area (Å²) < 4.78 is 0. The van der Waals surface area contributed by atoms with Crippen LogP contribution in [0.4, 0.5) is 0 Å². The van der Waals surface area contributed by atoms with Gasteiger partial charge in [0.05, 0.1) is 0 Å². The van der Waals surface area contributed by atoms with Crippen LogP contribution in [-0.4, -0.2) is 24.9 Å². The second-order valence-electron chi connectivity index (χ2n) is 12.1. The molecule has 0 aliphatic heterocycles. The van der Waals surface area contributed by atoms with Gasteiger partial charge in [0.15, 0.2) is 0 Å². The number of carbonyl (C=O) groups is 2. The standard InChI is InChI=1S/C34H48N2O2/c1-33(2,3)29-19-13-27(14-20-29)17-23-31(37)35-25-11-9-7-8-10-12-26-36-32(38)24-18-28-15-21-30(22-16-28)34(4,5)6/h13-24H,7-12,25-26H2,1-6H3,(H,35,37)(H,36,38). The van der Waals surface area contributed by atoms with Gasteiger partial charge in [0.25, 0.3) is 0 Å². The predicted octanol–water partition coefficient (Wildman–Crippen LogP) is 7.58. The monoisotopic (exact) mass is 516 g/mol. The molecule has 0 radical (unpaired) electrons. The fourth-order valence-corrected chi connectivity index (χ4v) is 4.03. The predicted molar refractivity (Wildman–Crippen MR) is 162 cm³/mol. The van der Waals surface area contributed by atoms with Gasteiger partial charge in [-0.2, -0.15) is 0 Å². The summed E-state index contributed by atoms with van der Waals surface area (Å²) in [7, 11) is 0. The van der Waals surface area contributed by atoms with E-state index in [2.05, 4.69) is 101 Å². The molecule has 206 valence electrons. The third-order valence-electron chi connectivity index (χ3n) is 6.61. The van der Waals surface area contributed by atoms with Crippen molar-refractivity contribution in [1.82, 2.24) is 10.6 Å². The molecule has 0 bridgehead atoms. The van der Waals surface area contributed by atoms with Crippen LogP contribution in [0.5, 0.6) is 0 Å². The molecule has 2 N–H and O–H groups in total. The second kappa shape index (κ2) is 15.3. The van der Waals surface area contributed by atoms with E-state index in [-0.39, 0.29) is 22.6 Å². The van der Waals surface area contributed by atoms with Gasteiger partial charge < -0.3 is 10.6 Å². The number of benzene rings is 2. The molecule has 0 unspecified atom stereocenters. The van der Waals surface area contributed by atoms with Crippen molar-refractivity contribution in [3.05, 3.63) is 82.9 Å². The molecule has 4 nitrogen and oxygen atoms in total. The maximum Gasteiger partial charge on any atom is 0.243 e. The van der Waals surface area contributed by atoms with Crippen LogP contribution < -0.4 is 10.6 Å². The van der Waals surface area contributed by atoms with E-state index < -0.39 is 0 Å². The van der Waals surface area contributed by atoms with Gasteiger partial charge in [0.2, 0.25) is 11.8 Å². The summed E-state index contributed by atoms with van der Waals surface area (Å²) in [6.07, 6.45) is 13.4. The number of carbonyl (C=O) groups excluding carboxylic acids is 2. The maximum atomic E-state index is 12.0. The van der Waals surface area contributed by atoms with Crippen LogP contribution >= 0.6 is 0 Å². The molecule has 2 amide bonds. The molecule has 0 heterocycles. The van der Waals surface area contributed by atoms with Gasteiger partial charge in [-0.3, -0.25) is 9.59 Å². The van der Waals surface area contributed by atoms with E-state index in [0.29, 0.717) is 13.1 Å². The molecule has 0 atom stereocenters. The highest BCUT2D eigenvalue weighted by atomic mass is 16.2. The van der Waals surface area contributed by atoms with Crippen molar-refractivity contribution in [3.8, 4) is 0 Å². The summed E-state index contributed by atoms with van der Waals surface area (Å²) in [5.41, 5.74) is 4.90. The van der Waals surface area contributed by atoms with E-state index >= 15 is 0 Å². The lowest BCUT2D eigenvalue weighted by atomic mass is 9.87. The Kier molecular flexibility index (Phi) is 12.5. The molecule has 38 heavy (non-hydrogen) atoms. The van der Waals surface area contributed by atoms with Crippen LogP contribution in [0.1, 0.15) is 102 Å². The van der Waals surface area contributed by atoms with Crippen LogP contribution in [0, 0.1) is 0 Å². The molecule has 0 aliphatic carbocycles. The Hall–Kier alpha value is -3.14. The van der Waals surface area contributed by atoms with Crippen molar-refractivity contribution in [2.24, 2.45) is 0 Å². The molecule has 2 aromatic carbocycles. The SMILES string of the molecule is CC(C)(C)c1ccc(C=CC(=O)NCCCCCCCCNC(=O)C=Cc2ccc(C(C)(C)C)cc2)cc1. The van der Waals surface area contributed by atoms with E-state index in [1.807, 2.05) is 12.2 Å². The number of hydrogen-bond acceptors (Lipinski definition) is 2. The summed E-state index contributed by atoms with van der Waals surface area (Å²) in [6, 6.07) is 16.7. The van der Waals surface area contributed by atoms with Gasteiger partial charge in [0.1, 0.15) is 0 Å². The van der Waals surface area contributed by atoms with E-state index in [1.165, 1.54) is 11.1 Å². The lowest BCUT2D eigenvalue weighted by Gasteiger charge is -2.18. The number of rotatable bonds is 13. The smallest absolute Gasteiger partial charge is 0.243 e. The summed E-state index contributed by atoms with van der Waals surface area (Å²) in [6.45, 7) is 14.6. The minimum Gasteiger partial charge on any atom is -0.353 e. The highest BCUT2D eigenvalue weighted by molar-refractivity contribution is 5.92. The van der Waals surface area contributed by atoms with E-state index in [9.17, 15) is 9.59 Å². The third-order valence-corrected chi connectivity index (χ3v) is 6.61. The molecular weight excluding hydrogens is 468 g/mol. The molecule has 0 fully saturated rings. The van der Waals surface area contributed by atoms with Crippen molar-refractivity contribution in [2.45, 2.75) is 90.9 Å². The molecular formula is C34H48N2O2. The summed E-state index contributed by atoms with van der Waals surface area (Å²) in [4.78, 5) is 24.1. The average molecular weight is 517 g/mol. The zero-order valence-corrected chi connectivity index (χ0v) is 24.4. The Labute approximate surface area is 231 Å². The first-order valence-corrected chi connectivity index (χ1v) is 14.1. The zero-order chi connectivity index (χ0) is 28.0. The molecule has 0 saturated carbocycles. The topological polar surface area (TPSA) is 58.2 Å². The fourth-order valence-electron chi connectivity index (χ4n) is 4.03. The molecule has 0 aliphatic rings. The lowest BCUT2D eigenvalue weighted by molar-refractivity contribution is -0.117. The van der Waals surface area contributed by atoms with Gasteiger partial charge >= 0.3 is 0 Å². The van der Waals surface area contributed by atoms with Crippen LogP contribution in [0.25, 0.3) is 12.2 Å². The van der Waals surface area contributed by atoms with Crippen LogP contribution in [0.2, 0.25) is 0 Å². The zero-order valence-electron chi connectivity index (χ0n) is 24.4. The fraction of sp³-hybridized carbons (Fsp3) is 0.471. The largest absolute Gasteiger partial charge is 0.353 e. The highest BCUT2D eigenvalue weighted by Gasteiger charge is 2.13. The van der Waals surface area contributed by atoms with E-state index in [1.54, 1.807) is 12.2 Å². The normalized spacial score (nSPS) is 12.3. The second-order valence-corrected chi connectivity index (χ2v) is 12.1. The maximum absolute atomic E-state index is 12.0. The minimum atomic E-state index is -0.0448. The first kappa shape index (κ1) is 31.1. The quantitative estimate of drug-likeness (QED) is 0.213. The first-order chi connectivity index (χ1) is 17.9. The molecule has 2 rings (SSSR count). The Balaban J connectivity index is 1.48. The van der Waals surface area contributed by atoms with Crippen LogP contribution in [0.3, 0.4) is 0 Å². The number of amides is 2. The van der Waals surface area contributed by atoms with Gasteiger partial charge in [0, 0.05) is 25.2 Å². The Morgan fingerprint density at radius 1 is 0.553 bits per heavy atom. The van der Waals surface area contributed by atoms with E-state index in [4.69, 9.17) is 0 Å². The van der Waals surface area contributed by atoms with Gasteiger partial charge in [-0.25, -0.2) is 0 Å². The van der Waals surface area contributed by atoms with Gasteiger partial charge in [-0.05, 0) is 58.1 Å². The van der Waals surface area contributed by atoms with Crippen molar-refractivity contribution in [1.29, 1.82) is 0 Å². The first-order valence-electron chi connectivity index (χ1n) is 14.1. The Morgan fingerprint density at radius 2 is 0.868 bits per heavy atom. The number of nitrogens with one attached hydrogen (secondary N) is 2. The van der Waals surface area contributed by atoms with Gasteiger partial charge in [-0.1, -0.05) is 116 Å². The number of unbranched alkanes of at least 4 members (excludes halogenated alkanes) is 5. The lowest BCUT2D eigenvalue weighted by Crippen LogP contribution is -2.22. The van der Waals surface area contributed by atoms with E-state index in [0.717, 1.165) is 49.7 Å². The summed E-state index contributed by atoms with van der Waals surface area (Å²) >= 11 is 0. The van der Waals surface area contributed by atoms with Gasteiger partial charge in [-0.15, -0.1) is 0 Å². The molecule has 4 heteroatoms. The van der Waals surface area contributed by atoms with Crippen molar-refractivity contribution >= 4 is 24.0 Å². The van der Waals surface area contributed by atoms with Crippen LogP contribution in [-0.2, 0) is 20.4 Å². The molecule has 0 spiro atoms.